The van der Waals surface area contributed by atoms with E-state index in [4.69, 9.17) is 0 Å². The Bertz CT molecular complexity index is 1660. The van der Waals surface area contributed by atoms with E-state index in [0.29, 0.717) is 37.5 Å². The van der Waals surface area contributed by atoms with Crippen molar-refractivity contribution >= 4 is 39.0 Å². The van der Waals surface area contributed by atoms with Crippen molar-refractivity contribution in [3.63, 3.8) is 0 Å². The highest BCUT2D eigenvalue weighted by Gasteiger charge is 2.38. The molecule has 2 N–H and O–H groups in total. The van der Waals surface area contributed by atoms with Gasteiger partial charge in [-0.05, 0) is 92.5 Å². The van der Waals surface area contributed by atoms with Crippen LogP contribution in [0.2, 0.25) is 0 Å². The van der Waals surface area contributed by atoms with Gasteiger partial charge in [0.1, 0.15) is 0 Å². The quantitative estimate of drug-likeness (QED) is 0.339. The number of carbonyl (C=O) groups is 1. The number of carbonyl (C=O) groups excluding carboxylic acids is 1. The first-order valence-electron chi connectivity index (χ1n) is 15.3. The number of allylic oxidation sites excluding steroid dienone is 2. The van der Waals surface area contributed by atoms with Crippen molar-refractivity contribution in [1.82, 2.24) is 19.4 Å². The Hall–Kier alpha value is -3.58. The molecule has 0 bridgehead atoms. The molecule has 2 aliphatic heterocycles. The summed E-state index contributed by atoms with van der Waals surface area (Å²) in [4.78, 5) is 28.7. The zero-order valence-corrected chi connectivity index (χ0v) is 26.5. The summed E-state index contributed by atoms with van der Waals surface area (Å²) in [5.41, 5.74) is 2.48. The average molecular weight is 623 g/mol. The Morgan fingerprint density at radius 3 is 2.52 bits per heavy atom. The second-order valence-electron chi connectivity index (χ2n) is 12.0. The number of nitrogens with zero attached hydrogens (tertiary/aromatic N) is 4. The summed E-state index contributed by atoms with van der Waals surface area (Å²) >= 11 is 0. The highest BCUT2D eigenvalue weighted by molar-refractivity contribution is 7.89. The molecular formula is C32H42N6O5S. The van der Waals surface area contributed by atoms with E-state index in [1.807, 2.05) is 25.2 Å². The van der Waals surface area contributed by atoms with Gasteiger partial charge in [0, 0.05) is 49.7 Å². The number of anilines is 1. The third-order valence-electron chi connectivity index (χ3n) is 8.85. The van der Waals surface area contributed by atoms with Crippen LogP contribution in [0.4, 0.5) is 11.4 Å². The van der Waals surface area contributed by atoms with E-state index >= 15 is 0 Å². The topological polar surface area (TPSA) is 128 Å². The zero-order valence-electron chi connectivity index (χ0n) is 25.7. The van der Waals surface area contributed by atoms with Crippen LogP contribution in [0.5, 0.6) is 0 Å². The molecule has 2 saturated heterocycles. The molecule has 2 aromatic rings. The molecule has 0 spiro atoms. The Morgan fingerprint density at radius 1 is 1.11 bits per heavy atom. The third-order valence-corrected chi connectivity index (χ3v) is 10.8. The fourth-order valence-electron chi connectivity index (χ4n) is 6.33. The first-order valence-corrected chi connectivity index (χ1v) is 16.7. The van der Waals surface area contributed by atoms with Crippen molar-refractivity contribution < 1.29 is 18.1 Å². The smallest absolute Gasteiger partial charge is 0.289 e. The lowest BCUT2D eigenvalue weighted by Crippen LogP contribution is -2.49. The predicted molar refractivity (Wildman–Crippen MR) is 172 cm³/mol. The molecule has 1 atom stereocenters. The van der Waals surface area contributed by atoms with E-state index in [2.05, 4.69) is 46.4 Å². The van der Waals surface area contributed by atoms with Crippen LogP contribution in [0.25, 0.3) is 11.6 Å². The number of para-hydroxylation sites is 1. The highest BCUT2D eigenvalue weighted by atomic mass is 32.2. The van der Waals surface area contributed by atoms with Crippen LogP contribution < -0.4 is 21.1 Å². The van der Waals surface area contributed by atoms with Gasteiger partial charge in [0.2, 0.25) is 5.91 Å². The molecule has 12 heteroatoms. The molecule has 0 unspecified atom stereocenters. The maximum absolute atomic E-state index is 13.9. The Labute approximate surface area is 259 Å². The summed E-state index contributed by atoms with van der Waals surface area (Å²) in [6, 6.07) is 10.6. The molecule has 0 aromatic heterocycles. The number of nitro benzene ring substituents is 1. The molecule has 2 aromatic carbocycles. The van der Waals surface area contributed by atoms with Crippen molar-refractivity contribution in [1.29, 1.82) is 0 Å². The number of sulfonamides is 1. The van der Waals surface area contributed by atoms with Gasteiger partial charge < -0.3 is 20.4 Å². The van der Waals surface area contributed by atoms with Crippen LogP contribution in [-0.2, 0) is 14.8 Å². The number of amides is 1. The van der Waals surface area contributed by atoms with Gasteiger partial charge in [-0.3, -0.25) is 14.9 Å². The number of benzene rings is 2. The second kappa shape index (κ2) is 13.6. The molecule has 5 rings (SSSR count). The van der Waals surface area contributed by atoms with Gasteiger partial charge in [-0.15, -0.1) is 0 Å². The molecular weight excluding hydrogens is 580 g/mol. The number of nitrogens with one attached hydrogen (secondary N) is 2. The molecule has 11 nitrogen and oxygen atoms in total. The van der Waals surface area contributed by atoms with Crippen LogP contribution in [0.3, 0.4) is 0 Å². The van der Waals surface area contributed by atoms with E-state index in [-0.39, 0.29) is 0 Å². The molecule has 44 heavy (non-hydrogen) atoms. The zero-order chi connectivity index (χ0) is 31.4. The van der Waals surface area contributed by atoms with Crippen LogP contribution in [-0.4, -0.2) is 92.3 Å². The molecule has 0 saturated carbocycles. The molecule has 1 amide bonds. The largest absolute Gasteiger partial charge is 0.372 e. The van der Waals surface area contributed by atoms with Gasteiger partial charge in [-0.2, -0.15) is 4.31 Å². The van der Waals surface area contributed by atoms with E-state index in [9.17, 15) is 23.3 Å². The van der Waals surface area contributed by atoms with Crippen LogP contribution >= 0.6 is 0 Å². The van der Waals surface area contributed by atoms with Crippen LogP contribution in [0.15, 0.2) is 59.1 Å². The van der Waals surface area contributed by atoms with Gasteiger partial charge in [0.15, 0.2) is 4.90 Å². The van der Waals surface area contributed by atoms with Crippen LogP contribution in [0.1, 0.15) is 33.1 Å². The third kappa shape index (κ3) is 7.04. The lowest BCUT2D eigenvalue weighted by atomic mass is 9.95. The summed E-state index contributed by atoms with van der Waals surface area (Å²) in [6.45, 7) is 9.07. The van der Waals surface area contributed by atoms with Crippen LogP contribution in [0, 0.1) is 16.0 Å². The molecule has 3 aliphatic rings. The van der Waals surface area contributed by atoms with Gasteiger partial charge in [-0.1, -0.05) is 31.2 Å². The van der Waals surface area contributed by atoms with Gasteiger partial charge in [0.05, 0.1) is 11.5 Å². The number of rotatable bonds is 8. The Kier molecular flexibility index (Phi) is 9.84. The van der Waals surface area contributed by atoms with Crippen molar-refractivity contribution in [2.24, 2.45) is 5.92 Å². The number of hydrogen-bond acceptors (Lipinski definition) is 8. The number of fused-ring (bicyclic) bond motifs is 1. The SMILES string of the molecule is CC1=c2cc(NC(=O)CN(C3CCN(C)CC3)S(=O)(=O)c3ccccc3[N+](=O)[O-])cc/c2=C\C[C@@H](C)C(N2CCNCC2)=C1. The maximum atomic E-state index is 13.9. The molecule has 2 fully saturated rings. The normalized spacial score (nSPS) is 21.0. The summed E-state index contributed by atoms with van der Waals surface area (Å²) in [6.07, 6.45) is 6.44. The minimum atomic E-state index is -4.35. The lowest BCUT2D eigenvalue weighted by Gasteiger charge is -2.36. The second-order valence-corrected chi connectivity index (χ2v) is 13.8. The Morgan fingerprint density at radius 2 is 1.82 bits per heavy atom. The summed E-state index contributed by atoms with van der Waals surface area (Å²) in [5, 5.41) is 20.2. The number of piperazine rings is 1. The van der Waals surface area contributed by atoms with Gasteiger partial charge in [0.25, 0.3) is 15.7 Å². The summed E-state index contributed by atoms with van der Waals surface area (Å²) in [5.74, 6) is -0.118. The van der Waals surface area contributed by atoms with Crippen molar-refractivity contribution in [3.8, 4) is 0 Å². The van der Waals surface area contributed by atoms with E-state index in [1.165, 1.54) is 30.0 Å². The number of likely N-dealkylation sites (tertiary alicyclic amines) is 1. The van der Waals surface area contributed by atoms with Crippen molar-refractivity contribution in [3.05, 3.63) is 74.8 Å². The van der Waals surface area contributed by atoms with Gasteiger partial charge in [-0.25, -0.2) is 8.42 Å². The average Bonchev–Trinajstić information content (AvgIpc) is 3.01. The first-order chi connectivity index (χ1) is 21.0. The summed E-state index contributed by atoms with van der Waals surface area (Å²) in [7, 11) is -2.39. The first kappa shape index (κ1) is 31.8. The molecule has 0 radical (unpaired) electrons. The minimum absolute atomic E-state index is 0.378. The number of piperidine rings is 1. The number of hydrogen-bond donors (Lipinski definition) is 2. The molecule has 236 valence electrons. The van der Waals surface area contributed by atoms with Crippen molar-refractivity contribution in [2.45, 2.75) is 44.0 Å². The summed E-state index contributed by atoms with van der Waals surface area (Å²) < 4.78 is 29.0. The maximum Gasteiger partial charge on any atom is 0.289 e. The van der Waals surface area contributed by atoms with E-state index < -0.39 is 44.0 Å². The fraction of sp³-hybridized carbons (Fsp3) is 0.469. The standard InChI is InChI=1S/C32H42N6O5S/c1-23-8-9-25-10-11-26(21-28(25)24(2)20-30(23)36-18-14-33-15-19-36)34-32(39)22-37(27-12-16-35(3)17-13-27)44(42,43)31-7-5-4-6-29(31)38(40)41/h4-7,9-11,20-21,23,27,33H,8,12-19,22H2,1-3H3,(H,34,39)/b25-9+,28-24?,30-20?/t23-/m1/s1. The lowest BCUT2D eigenvalue weighted by molar-refractivity contribution is -0.387. The van der Waals surface area contributed by atoms with Crippen molar-refractivity contribution in [2.75, 3.05) is 58.2 Å². The molecule has 1 aliphatic carbocycles. The monoisotopic (exact) mass is 622 g/mol. The van der Waals surface area contributed by atoms with E-state index in [1.54, 1.807) is 0 Å². The number of nitro groups is 1. The van der Waals surface area contributed by atoms with Gasteiger partial charge >= 0.3 is 0 Å². The predicted octanol–water partition coefficient (Wildman–Crippen LogP) is 2.10. The fourth-order valence-corrected chi connectivity index (χ4v) is 8.13. The van der Waals surface area contributed by atoms with E-state index in [0.717, 1.165) is 52.9 Å². The minimum Gasteiger partial charge on any atom is -0.372 e. The Balaban J connectivity index is 1.44. The molecule has 2 heterocycles. The highest BCUT2D eigenvalue weighted by Crippen LogP contribution is 2.30.